The molecule has 0 aliphatic rings. The van der Waals surface area contributed by atoms with Crippen LogP contribution >= 0.6 is 11.3 Å². The third-order valence-corrected chi connectivity index (χ3v) is 5.90. The molecule has 0 spiro atoms. The van der Waals surface area contributed by atoms with Gasteiger partial charge in [0.1, 0.15) is 9.77 Å². The molecule has 0 radical (unpaired) electrons. The molecule has 0 bridgehead atoms. The minimum atomic E-state index is -3.75. The van der Waals surface area contributed by atoms with Gasteiger partial charge in [0.25, 0.3) is 5.91 Å². The number of amides is 1. The Labute approximate surface area is 146 Å². The number of carbonyl (C=O) groups is 1. The number of hydrogen-bond donors (Lipinski definition) is 2. The van der Waals surface area contributed by atoms with Crippen molar-refractivity contribution in [2.45, 2.75) is 44.6 Å². The number of thiazole rings is 1. The van der Waals surface area contributed by atoms with Gasteiger partial charge >= 0.3 is 0 Å². The van der Waals surface area contributed by atoms with E-state index < -0.39 is 15.6 Å². The summed E-state index contributed by atoms with van der Waals surface area (Å²) in [5.74, 6) is -0.370. The number of carbonyl (C=O) groups excluding carboxylic acids is 1. The van der Waals surface area contributed by atoms with Crippen LogP contribution in [0.2, 0.25) is 0 Å². The van der Waals surface area contributed by atoms with E-state index in [1.54, 1.807) is 39.0 Å². The lowest BCUT2D eigenvalue weighted by Crippen LogP contribution is -2.40. The quantitative estimate of drug-likeness (QED) is 0.850. The van der Waals surface area contributed by atoms with Crippen LogP contribution in [0.5, 0.6) is 0 Å². The second-order valence-electron chi connectivity index (χ2n) is 6.28. The van der Waals surface area contributed by atoms with Gasteiger partial charge in [-0.3, -0.25) is 4.79 Å². The Kier molecular flexibility index (Phi) is 5.42. The molecule has 2 N–H and O–H groups in total. The first-order chi connectivity index (χ1) is 11.1. The highest BCUT2D eigenvalue weighted by Gasteiger charge is 2.25. The van der Waals surface area contributed by atoms with Crippen LogP contribution in [0.15, 0.2) is 35.4 Å². The minimum Gasteiger partial charge on any atom is -0.320 e. The van der Waals surface area contributed by atoms with Crippen molar-refractivity contribution >= 4 is 33.0 Å². The van der Waals surface area contributed by atoms with E-state index in [1.165, 1.54) is 23.6 Å². The first kappa shape index (κ1) is 18.6. The van der Waals surface area contributed by atoms with Gasteiger partial charge in [0, 0.05) is 5.54 Å². The summed E-state index contributed by atoms with van der Waals surface area (Å²) in [7, 11) is -3.75. The van der Waals surface area contributed by atoms with Crippen LogP contribution in [0.1, 0.15) is 42.4 Å². The van der Waals surface area contributed by atoms with Gasteiger partial charge in [-0.05, 0) is 39.3 Å². The molecule has 130 valence electrons. The van der Waals surface area contributed by atoms with Crippen molar-refractivity contribution in [3.05, 3.63) is 40.3 Å². The van der Waals surface area contributed by atoms with E-state index in [0.717, 1.165) is 11.4 Å². The van der Waals surface area contributed by atoms with E-state index in [-0.39, 0.29) is 16.5 Å². The first-order valence-electron chi connectivity index (χ1n) is 7.51. The Morgan fingerprint density at radius 3 is 2.50 bits per heavy atom. The van der Waals surface area contributed by atoms with Gasteiger partial charge in [-0.1, -0.05) is 19.1 Å². The summed E-state index contributed by atoms with van der Waals surface area (Å²) in [5, 5.41) is 3.53. The molecule has 1 heterocycles. The van der Waals surface area contributed by atoms with Gasteiger partial charge in [-0.25, -0.2) is 18.1 Å². The van der Waals surface area contributed by atoms with Crippen molar-refractivity contribution in [1.82, 2.24) is 9.71 Å². The number of anilines is 1. The van der Waals surface area contributed by atoms with Gasteiger partial charge in [-0.15, -0.1) is 11.3 Å². The smallest absolute Gasteiger partial charge is 0.267 e. The summed E-state index contributed by atoms with van der Waals surface area (Å²) in [5.41, 5.74) is -0.380. The molecule has 0 fully saturated rings. The van der Waals surface area contributed by atoms with E-state index in [1.807, 2.05) is 6.92 Å². The van der Waals surface area contributed by atoms with Crippen LogP contribution in [0, 0.1) is 0 Å². The van der Waals surface area contributed by atoms with E-state index in [2.05, 4.69) is 15.0 Å². The molecule has 0 saturated heterocycles. The number of para-hydroxylation sites is 1. The number of rotatable bonds is 5. The number of nitrogens with one attached hydrogen (secondary N) is 2. The SMILES string of the molecule is CCc1ncc(C(=O)Nc2ccccc2S(=O)(=O)NC(C)(C)C)s1. The van der Waals surface area contributed by atoms with Crippen molar-refractivity contribution in [2.24, 2.45) is 0 Å². The fraction of sp³-hybridized carbons (Fsp3) is 0.375. The summed E-state index contributed by atoms with van der Waals surface area (Å²) in [6.07, 6.45) is 2.25. The van der Waals surface area contributed by atoms with E-state index >= 15 is 0 Å². The van der Waals surface area contributed by atoms with Crippen molar-refractivity contribution in [3.8, 4) is 0 Å². The number of aromatic nitrogens is 1. The lowest BCUT2D eigenvalue weighted by atomic mass is 10.1. The summed E-state index contributed by atoms with van der Waals surface area (Å²) < 4.78 is 27.7. The van der Waals surface area contributed by atoms with Gasteiger partial charge in [-0.2, -0.15) is 0 Å². The van der Waals surface area contributed by atoms with Gasteiger partial charge < -0.3 is 5.32 Å². The maximum Gasteiger partial charge on any atom is 0.267 e. The Morgan fingerprint density at radius 2 is 1.92 bits per heavy atom. The minimum absolute atomic E-state index is 0.0357. The third kappa shape index (κ3) is 4.62. The fourth-order valence-corrected chi connectivity index (χ4v) is 4.36. The van der Waals surface area contributed by atoms with Crippen LogP contribution in [0.3, 0.4) is 0 Å². The van der Waals surface area contributed by atoms with Crippen LogP contribution in [0.4, 0.5) is 5.69 Å². The highest BCUT2D eigenvalue weighted by Crippen LogP contribution is 2.24. The molecule has 2 rings (SSSR count). The number of hydrogen-bond acceptors (Lipinski definition) is 5. The zero-order chi connectivity index (χ0) is 18.0. The zero-order valence-corrected chi connectivity index (χ0v) is 15.7. The average molecular weight is 367 g/mol. The van der Waals surface area contributed by atoms with Crippen LogP contribution in [-0.2, 0) is 16.4 Å². The maximum atomic E-state index is 12.6. The summed E-state index contributed by atoms with van der Waals surface area (Å²) >= 11 is 1.30. The third-order valence-electron chi connectivity index (χ3n) is 2.95. The second kappa shape index (κ2) is 7.00. The maximum absolute atomic E-state index is 12.6. The summed E-state index contributed by atoms with van der Waals surface area (Å²) in [4.78, 5) is 17.0. The summed E-state index contributed by atoms with van der Waals surface area (Å²) in [6, 6.07) is 6.33. The average Bonchev–Trinajstić information content (AvgIpc) is 2.94. The zero-order valence-electron chi connectivity index (χ0n) is 14.1. The van der Waals surface area contributed by atoms with Gasteiger partial charge in [0.2, 0.25) is 10.0 Å². The molecular formula is C16H21N3O3S2. The van der Waals surface area contributed by atoms with Crippen LogP contribution in [0.25, 0.3) is 0 Å². The molecule has 1 amide bonds. The predicted octanol–water partition coefficient (Wildman–Crippen LogP) is 3.03. The molecule has 0 aliphatic carbocycles. The van der Waals surface area contributed by atoms with Crippen molar-refractivity contribution in [1.29, 1.82) is 0 Å². The Hall–Kier alpha value is -1.77. The first-order valence-corrected chi connectivity index (χ1v) is 9.81. The monoisotopic (exact) mass is 367 g/mol. The predicted molar refractivity (Wildman–Crippen MR) is 96.0 cm³/mol. The number of benzene rings is 1. The molecule has 0 atom stereocenters. The highest BCUT2D eigenvalue weighted by molar-refractivity contribution is 7.89. The molecule has 2 aromatic rings. The lowest BCUT2D eigenvalue weighted by molar-refractivity contribution is 0.103. The van der Waals surface area contributed by atoms with Crippen LogP contribution in [-0.4, -0.2) is 24.8 Å². The normalized spacial score (nSPS) is 12.2. The molecule has 24 heavy (non-hydrogen) atoms. The molecular weight excluding hydrogens is 346 g/mol. The molecule has 6 nitrogen and oxygen atoms in total. The molecule has 0 aliphatic heterocycles. The Morgan fingerprint density at radius 1 is 1.25 bits per heavy atom. The molecule has 1 aromatic carbocycles. The Balaban J connectivity index is 2.30. The largest absolute Gasteiger partial charge is 0.320 e. The Bertz CT molecular complexity index is 836. The summed E-state index contributed by atoms with van der Waals surface area (Å²) in [6.45, 7) is 7.24. The van der Waals surface area contributed by atoms with Gasteiger partial charge in [0.05, 0.1) is 16.9 Å². The lowest BCUT2D eigenvalue weighted by Gasteiger charge is -2.21. The molecule has 1 aromatic heterocycles. The van der Waals surface area contributed by atoms with E-state index in [0.29, 0.717) is 4.88 Å². The van der Waals surface area contributed by atoms with Crippen molar-refractivity contribution in [2.75, 3.05) is 5.32 Å². The molecule has 0 saturated carbocycles. The number of sulfonamides is 1. The number of nitrogens with zero attached hydrogens (tertiary/aromatic N) is 1. The second-order valence-corrected chi connectivity index (χ2v) is 9.04. The van der Waals surface area contributed by atoms with Crippen LogP contribution < -0.4 is 10.0 Å². The van der Waals surface area contributed by atoms with E-state index in [9.17, 15) is 13.2 Å². The fourth-order valence-electron chi connectivity index (χ4n) is 2.02. The van der Waals surface area contributed by atoms with Crippen molar-refractivity contribution in [3.63, 3.8) is 0 Å². The molecule has 8 heteroatoms. The molecule has 0 unspecified atom stereocenters. The topological polar surface area (TPSA) is 88.2 Å². The van der Waals surface area contributed by atoms with E-state index in [4.69, 9.17) is 0 Å². The standard InChI is InChI=1S/C16H21N3O3S2/c1-5-14-17-10-12(23-14)15(20)18-11-8-6-7-9-13(11)24(21,22)19-16(2,3)4/h6-10,19H,5H2,1-4H3,(H,18,20). The highest BCUT2D eigenvalue weighted by atomic mass is 32.2. The van der Waals surface area contributed by atoms with Crippen molar-refractivity contribution < 1.29 is 13.2 Å². The van der Waals surface area contributed by atoms with Gasteiger partial charge in [0.15, 0.2) is 0 Å². The number of aryl methyl sites for hydroxylation is 1.